The molecule has 0 radical (unpaired) electrons. The monoisotopic (exact) mass is 313 g/mol. The smallest absolute Gasteiger partial charge is 0.262 e. The van der Waals surface area contributed by atoms with Crippen LogP contribution in [0.2, 0.25) is 0 Å². The minimum Gasteiger partial charge on any atom is -0.492 e. The maximum Gasteiger partial charge on any atom is 0.262 e. The number of H-pyrrole nitrogens is 1. The molecular weight excluding hydrogens is 298 g/mol. The van der Waals surface area contributed by atoms with E-state index < -0.39 is 11.5 Å². The second-order valence-electron chi connectivity index (χ2n) is 4.83. The molecule has 3 rings (SSSR count). The summed E-state index contributed by atoms with van der Waals surface area (Å²) in [6.07, 6.45) is 1.24. The molecule has 118 valence electrons. The number of benzene rings is 1. The van der Waals surface area contributed by atoms with Gasteiger partial charge in [-0.05, 0) is 26.0 Å². The molecule has 1 aromatic carbocycles. The highest BCUT2D eigenvalue weighted by molar-refractivity contribution is 6.13. The number of para-hydroxylation sites is 2. The third kappa shape index (κ3) is 2.68. The van der Waals surface area contributed by atoms with E-state index in [0.29, 0.717) is 23.8 Å². The topological polar surface area (TPSA) is 97.2 Å². The van der Waals surface area contributed by atoms with Crippen LogP contribution in [-0.2, 0) is 0 Å². The average molecular weight is 313 g/mol. The largest absolute Gasteiger partial charge is 0.492 e. The Morgan fingerprint density at radius 1 is 1.39 bits per heavy atom. The molecule has 0 unspecified atom stereocenters. The Bertz CT molecular complexity index is 926. The van der Waals surface area contributed by atoms with E-state index in [-0.39, 0.29) is 16.7 Å². The highest BCUT2D eigenvalue weighted by Crippen LogP contribution is 2.26. The number of fused-ring (bicyclic) bond motifs is 1. The lowest BCUT2D eigenvalue weighted by Crippen LogP contribution is -2.16. The summed E-state index contributed by atoms with van der Waals surface area (Å²) in [5.74, 6) is 0.434. The molecule has 7 nitrogen and oxygen atoms in total. The Morgan fingerprint density at radius 3 is 2.96 bits per heavy atom. The molecule has 2 N–H and O–H groups in total. The lowest BCUT2D eigenvalue weighted by Gasteiger charge is -2.10. The number of aromatic nitrogens is 2. The molecule has 0 spiro atoms. The molecule has 0 aliphatic carbocycles. The minimum atomic E-state index is -0.452. The number of anilines is 1. The zero-order valence-corrected chi connectivity index (χ0v) is 12.7. The Morgan fingerprint density at radius 2 is 2.17 bits per heavy atom. The van der Waals surface area contributed by atoms with Crippen molar-refractivity contribution in [3.8, 4) is 5.75 Å². The van der Waals surface area contributed by atoms with Crippen LogP contribution in [0.3, 0.4) is 0 Å². The minimum absolute atomic E-state index is 0.134. The van der Waals surface area contributed by atoms with Gasteiger partial charge in [0.2, 0.25) is 5.71 Å². The number of amides is 1. The summed E-state index contributed by atoms with van der Waals surface area (Å²) in [5.41, 5.74) is 0.402. The van der Waals surface area contributed by atoms with E-state index in [0.717, 1.165) is 0 Å². The first-order chi connectivity index (χ1) is 11.1. The van der Waals surface area contributed by atoms with E-state index in [1.807, 2.05) is 13.0 Å². The van der Waals surface area contributed by atoms with Gasteiger partial charge in [0.05, 0.1) is 24.2 Å². The number of furan rings is 1. The van der Waals surface area contributed by atoms with E-state index in [4.69, 9.17) is 9.15 Å². The summed E-state index contributed by atoms with van der Waals surface area (Å²) in [6, 6.07) is 7.08. The molecule has 0 saturated heterocycles. The van der Waals surface area contributed by atoms with Gasteiger partial charge in [-0.3, -0.25) is 9.59 Å². The summed E-state index contributed by atoms with van der Waals surface area (Å²) >= 11 is 0. The molecule has 0 fully saturated rings. The Balaban J connectivity index is 2.02. The van der Waals surface area contributed by atoms with Crippen molar-refractivity contribution in [3.63, 3.8) is 0 Å². The van der Waals surface area contributed by atoms with Crippen molar-refractivity contribution in [1.29, 1.82) is 0 Å². The van der Waals surface area contributed by atoms with Crippen LogP contribution in [0.5, 0.6) is 5.75 Å². The first-order valence-corrected chi connectivity index (χ1v) is 7.11. The van der Waals surface area contributed by atoms with Crippen LogP contribution >= 0.6 is 0 Å². The molecule has 3 aromatic rings. The van der Waals surface area contributed by atoms with Gasteiger partial charge >= 0.3 is 0 Å². The molecule has 0 aliphatic rings. The highest BCUT2D eigenvalue weighted by Gasteiger charge is 2.22. The van der Waals surface area contributed by atoms with Crippen molar-refractivity contribution in [1.82, 2.24) is 9.97 Å². The van der Waals surface area contributed by atoms with Crippen molar-refractivity contribution in [2.24, 2.45) is 0 Å². The van der Waals surface area contributed by atoms with Gasteiger partial charge in [0.25, 0.3) is 11.5 Å². The van der Waals surface area contributed by atoms with Crippen molar-refractivity contribution >= 4 is 22.7 Å². The number of carbonyl (C=O) groups is 1. The lowest BCUT2D eigenvalue weighted by atomic mass is 10.1. The molecule has 7 heteroatoms. The van der Waals surface area contributed by atoms with Gasteiger partial charge in [-0.15, -0.1) is 0 Å². The lowest BCUT2D eigenvalue weighted by molar-refractivity contribution is 0.102. The molecule has 0 atom stereocenters. The maximum atomic E-state index is 12.6. The van der Waals surface area contributed by atoms with Crippen LogP contribution in [0.25, 0.3) is 11.1 Å². The third-order valence-electron chi connectivity index (χ3n) is 3.33. The molecule has 0 aliphatic heterocycles. The van der Waals surface area contributed by atoms with Gasteiger partial charge in [0.1, 0.15) is 16.9 Å². The fourth-order valence-electron chi connectivity index (χ4n) is 2.36. The number of ether oxygens (including phenoxy) is 1. The molecule has 0 bridgehead atoms. The summed E-state index contributed by atoms with van der Waals surface area (Å²) in [4.78, 5) is 31.0. The number of aromatic amines is 1. The maximum absolute atomic E-state index is 12.6. The molecule has 1 amide bonds. The van der Waals surface area contributed by atoms with E-state index in [1.54, 1.807) is 25.1 Å². The van der Waals surface area contributed by atoms with Crippen molar-refractivity contribution < 1.29 is 13.9 Å². The third-order valence-corrected chi connectivity index (χ3v) is 3.33. The van der Waals surface area contributed by atoms with Crippen LogP contribution in [0.1, 0.15) is 23.0 Å². The predicted molar refractivity (Wildman–Crippen MR) is 84.9 cm³/mol. The normalized spacial score (nSPS) is 10.7. The van der Waals surface area contributed by atoms with Gasteiger partial charge in [0.15, 0.2) is 0 Å². The van der Waals surface area contributed by atoms with Crippen molar-refractivity contribution in [3.05, 3.63) is 52.3 Å². The van der Waals surface area contributed by atoms with Crippen LogP contribution in [0.15, 0.2) is 39.8 Å². The van der Waals surface area contributed by atoms with E-state index in [9.17, 15) is 9.59 Å². The van der Waals surface area contributed by atoms with Crippen LogP contribution in [-0.4, -0.2) is 22.5 Å². The molecular formula is C16H15N3O4. The summed E-state index contributed by atoms with van der Waals surface area (Å²) < 4.78 is 10.9. The number of hydrogen-bond donors (Lipinski definition) is 2. The van der Waals surface area contributed by atoms with Gasteiger partial charge < -0.3 is 19.5 Å². The predicted octanol–water partition coefficient (Wildman–Crippen LogP) is 2.48. The highest BCUT2D eigenvalue weighted by atomic mass is 16.5. The van der Waals surface area contributed by atoms with Crippen LogP contribution in [0.4, 0.5) is 5.69 Å². The molecule has 23 heavy (non-hydrogen) atoms. The number of nitrogens with one attached hydrogen (secondary N) is 2. The molecule has 2 aromatic heterocycles. The quantitative estimate of drug-likeness (QED) is 0.771. The number of aryl methyl sites for hydroxylation is 1. The molecule has 0 saturated carbocycles. The molecule has 2 heterocycles. The van der Waals surface area contributed by atoms with Gasteiger partial charge in [-0.2, -0.15) is 0 Å². The number of nitrogens with zero attached hydrogens (tertiary/aromatic N) is 1. The Labute approximate surface area is 131 Å². The summed E-state index contributed by atoms with van der Waals surface area (Å²) in [5, 5.41) is 2.89. The van der Waals surface area contributed by atoms with Crippen molar-refractivity contribution in [2.75, 3.05) is 11.9 Å². The number of rotatable bonds is 4. The van der Waals surface area contributed by atoms with Crippen LogP contribution in [0, 0.1) is 6.92 Å². The van der Waals surface area contributed by atoms with Crippen molar-refractivity contribution in [2.45, 2.75) is 13.8 Å². The summed E-state index contributed by atoms with van der Waals surface area (Å²) in [7, 11) is 0. The first kappa shape index (κ1) is 14.8. The zero-order valence-electron chi connectivity index (χ0n) is 12.7. The second kappa shape index (κ2) is 5.96. The fraction of sp³-hybridized carbons (Fsp3) is 0.188. The first-order valence-electron chi connectivity index (χ1n) is 7.11. The van der Waals surface area contributed by atoms with Gasteiger partial charge in [0, 0.05) is 0 Å². The van der Waals surface area contributed by atoms with Crippen LogP contribution < -0.4 is 15.6 Å². The van der Waals surface area contributed by atoms with Gasteiger partial charge in [-0.1, -0.05) is 12.1 Å². The Hall–Kier alpha value is -3.09. The Kier molecular flexibility index (Phi) is 3.84. The summed E-state index contributed by atoms with van der Waals surface area (Å²) in [6.45, 7) is 3.95. The zero-order chi connectivity index (χ0) is 16.4. The van der Waals surface area contributed by atoms with Gasteiger partial charge in [-0.25, -0.2) is 4.98 Å². The number of carbonyl (C=O) groups excluding carboxylic acids is 1. The SMILES string of the molecule is CCOc1ccccc1NC(=O)c1c(C)oc2nc[nH]c(=O)c12. The average Bonchev–Trinajstić information content (AvgIpc) is 2.87. The number of hydrogen-bond acceptors (Lipinski definition) is 5. The fourth-order valence-corrected chi connectivity index (χ4v) is 2.36. The van der Waals surface area contributed by atoms with E-state index in [1.165, 1.54) is 6.33 Å². The van der Waals surface area contributed by atoms with E-state index in [2.05, 4.69) is 15.3 Å². The standard InChI is InChI=1S/C16H15N3O4/c1-3-22-11-7-5-4-6-10(11)19-15(21)12-9(2)23-16-13(12)14(20)17-8-18-16/h4-8H,3H2,1-2H3,(H,19,21)(H,17,18,20). The van der Waals surface area contributed by atoms with E-state index >= 15 is 0 Å². The second-order valence-corrected chi connectivity index (χ2v) is 4.83.